The van der Waals surface area contributed by atoms with E-state index >= 15 is 0 Å². The van der Waals surface area contributed by atoms with Gasteiger partial charge in [0.25, 0.3) is 0 Å². The molecule has 0 N–H and O–H groups in total. The summed E-state index contributed by atoms with van der Waals surface area (Å²) in [5.41, 5.74) is 0. The molecular weight excluding hydrogens is 913 g/mol. The molecule has 4 heteroatoms. The van der Waals surface area contributed by atoms with E-state index in [1.54, 1.807) is 0 Å². The first kappa shape index (κ1) is 41.3. The van der Waals surface area contributed by atoms with Crippen molar-refractivity contribution in [3.63, 3.8) is 0 Å². The average molecular weight is 957 g/mol. The minimum atomic E-state index is -3.09. The summed E-state index contributed by atoms with van der Waals surface area (Å²) in [6, 6.07) is 102. The van der Waals surface area contributed by atoms with Gasteiger partial charge >= 0.3 is 0 Å². The Morgan fingerprint density at radius 3 is 1.00 bits per heavy atom. The Bertz CT molecular complexity index is 4180. The maximum Gasteiger partial charge on any atom is 0.182 e. The smallest absolute Gasteiger partial charge is 0.135 e. The number of benzene rings is 12. The lowest BCUT2D eigenvalue weighted by Gasteiger charge is -2.35. The van der Waals surface area contributed by atoms with Crippen molar-refractivity contribution in [3.8, 4) is 0 Å². The van der Waals surface area contributed by atoms with Crippen LogP contribution in [0.15, 0.2) is 267 Å². The summed E-state index contributed by atoms with van der Waals surface area (Å²) >= 11 is 3.98. The van der Waals surface area contributed by atoms with E-state index < -0.39 is 16.1 Å². The van der Waals surface area contributed by atoms with Crippen LogP contribution in [0, 0.1) is 0 Å². The maximum absolute atomic E-state index is 3.09. The molecule has 0 spiro atoms. The minimum Gasteiger partial charge on any atom is -0.135 e. The number of thiophene rings is 2. The van der Waals surface area contributed by atoms with E-state index in [-0.39, 0.29) is 0 Å². The van der Waals surface area contributed by atoms with Crippen LogP contribution >= 0.6 is 22.7 Å². The second-order valence-electron chi connectivity index (χ2n) is 18.6. The fourth-order valence-electron chi connectivity index (χ4n) is 12.2. The molecule has 14 aromatic rings. The monoisotopic (exact) mass is 956 g/mol. The third kappa shape index (κ3) is 5.98. The normalized spacial score (nSPS) is 12.3. The standard InChI is InChI=1S/C66H44S2Si2/c1-5-22-45(23-6-1)69(46-24-7-2-8-25-46,49-42-43-54-52-32-14-13-30-50(52)51-31-15-16-33-53(51)59(54)44-49)61-39-20-36-57-58-37-21-41-63(66(58)68-65(57)61)70(47-26-9-3-10-27-47,48-28-11-4-12-29-48)62-40-19-35-56-55-34-17-18-38-60(55)67-64(56)62/h1-44H. The molecule has 0 amide bonds. The summed E-state index contributed by atoms with van der Waals surface area (Å²) < 4.78 is 5.47. The lowest BCUT2D eigenvalue weighted by atomic mass is 9.94. The quantitative estimate of drug-likeness (QED) is 0.0809. The van der Waals surface area contributed by atoms with Crippen LogP contribution in [-0.4, -0.2) is 16.1 Å². The van der Waals surface area contributed by atoms with Gasteiger partial charge in [-0.15, -0.1) is 22.7 Å². The molecule has 0 nitrogen and oxygen atoms in total. The number of rotatable bonds is 8. The van der Waals surface area contributed by atoms with Crippen LogP contribution < -0.4 is 41.5 Å². The van der Waals surface area contributed by atoms with E-state index in [0.717, 1.165) is 0 Å². The molecule has 0 saturated heterocycles. The average Bonchev–Trinajstić information content (AvgIpc) is 4.03. The molecule has 328 valence electrons. The van der Waals surface area contributed by atoms with Gasteiger partial charge < -0.3 is 0 Å². The summed E-state index contributed by atoms with van der Waals surface area (Å²) in [7, 11) is -6.14. The zero-order valence-electron chi connectivity index (χ0n) is 38.2. The van der Waals surface area contributed by atoms with E-state index in [0.29, 0.717) is 0 Å². The third-order valence-electron chi connectivity index (χ3n) is 15.1. The molecule has 12 aromatic carbocycles. The van der Waals surface area contributed by atoms with Gasteiger partial charge in [-0.3, -0.25) is 0 Å². The molecule has 0 saturated carbocycles. The molecule has 0 atom stereocenters. The summed E-state index contributed by atoms with van der Waals surface area (Å²) in [5.74, 6) is 0. The largest absolute Gasteiger partial charge is 0.182 e. The van der Waals surface area contributed by atoms with Crippen molar-refractivity contribution >= 4 is 153 Å². The lowest BCUT2D eigenvalue weighted by molar-refractivity contribution is 1.70. The van der Waals surface area contributed by atoms with Crippen molar-refractivity contribution in [1.29, 1.82) is 0 Å². The third-order valence-corrected chi connectivity index (χ3v) is 27.8. The van der Waals surface area contributed by atoms with Crippen LogP contribution in [0.1, 0.15) is 0 Å². The van der Waals surface area contributed by atoms with Crippen molar-refractivity contribution in [3.05, 3.63) is 267 Å². The molecule has 70 heavy (non-hydrogen) atoms. The highest BCUT2D eigenvalue weighted by Gasteiger charge is 2.46. The van der Waals surface area contributed by atoms with E-state index in [1.807, 2.05) is 22.7 Å². The SMILES string of the molecule is c1ccc([Si](c2ccccc2)(c2ccc3c4ccccc4c4ccccc4c3c2)c2cccc3c2sc2c([Si](c4ccccc4)(c4ccccc4)c4cccc5c4sc4ccccc45)cccc23)cc1. The highest BCUT2D eigenvalue weighted by atomic mass is 32.1. The van der Waals surface area contributed by atoms with E-state index in [2.05, 4.69) is 267 Å². The van der Waals surface area contributed by atoms with Gasteiger partial charge in [-0.05, 0) is 79.9 Å². The molecule has 0 aliphatic heterocycles. The number of fused-ring (bicyclic) bond motifs is 12. The van der Waals surface area contributed by atoms with Crippen LogP contribution in [0.3, 0.4) is 0 Å². The molecule has 2 heterocycles. The first-order valence-corrected chi connectivity index (χ1v) is 29.8. The van der Waals surface area contributed by atoms with Gasteiger partial charge in [0.2, 0.25) is 0 Å². The predicted molar refractivity (Wildman–Crippen MR) is 312 cm³/mol. The molecular formula is C66H44S2Si2. The van der Waals surface area contributed by atoms with E-state index in [9.17, 15) is 0 Å². The Morgan fingerprint density at radius 2 is 0.529 bits per heavy atom. The van der Waals surface area contributed by atoms with Crippen molar-refractivity contribution < 1.29 is 0 Å². The number of hydrogen-bond acceptors (Lipinski definition) is 2. The first-order valence-electron chi connectivity index (χ1n) is 24.2. The van der Waals surface area contributed by atoms with Gasteiger partial charge in [-0.1, -0.05) is 261 Å². The first-order chi connectivity index (χ1) is 34.7. The molecule has 0 aliphatic rings. The van der Waals surface area contributed by atoms with Crippen LogP contribution in [-0.2, 0) is 0 Å². The summed E-state index contributed by atoms with van der Waals surface area (Å²) in [6.07, 6.45) is 0. The second kappa shape index (κ2) is 16.5. The maximum atomic E-state index is 2.59. The molecule has 0 radical (unpaired) electrons. The van der Waals surface area contributed by atoms with E-state index in [4.69, 9.17) is 0 Å². The fraction of sp³-hybridized carbons (Fsp3) is 0. The van der Waals surface area contributed by atoms with Crippen molar-refractivity contribution in [1.82, 2.24) is 0 Å². The van der Waals surface area contributed by atoms with Crippen LogP contribution in [0.4, 0.5) is 0 Å². The highest BCUT2D eigenvalue weighted by Crippen LogP contribution is 2.39. The zero-order valence-corrected chi connectivity index (χ0v) is 41.9. The minimum absolute atomic E-state index is 1.29. The van der Waals surface area contributed by atoms with Gasteiger partial charge in [0.1, 0.15) is 0 Å². The van der Waals surface area contributed by atoms with Gasteiger partial charge in [0.15, 0.2) is 16.1 Å². The van der Waals surface area contributed by atoms with Gasteiger partial charge in [0.05, 0.1) is 0 Å². The molecule has 14 rings (SSSR count). The Labute approximate surface area is 417 Å². The lowest BCUT2D eigenvalue weighted by Crippen LogP contribution is -2.75. The second-order valence-corrected chi connectivity index (χ2v) is 28.1. The molecule has 0 unspecified atom stereocenters. The molecule has 2 aromatic heterocycles. The topological polar surface area (TPSA) is 0 Å². The van der Waals surface area contributed by atoms with Gasteiger partial charge in [-0.25, -0.2) is 0 Å². The fourth-order valence-corrected chi connectivity index (χ4v) is 26.1. The summed E-state index contributed by atoms with van der Waals surface area (Å²) in [5, 5.41) is 24.3. The molecule has 0 aliphatic carbocycles. The van der Waals surface area contributed by atoms with Crippen LogP contribution in [0.5, 0.6) is 0 Å². The van der Waals surface area contributed by atoms with Crippen molar-refractivity contribution in [2.45, 2.75) is 0 Å². The Hall–Kier alpha value is -7.71. The van der Waals surface area contributed by atoms with Crippen molar-refractivity contribution in [2.75, 3.05) is 0 Å². The van der Waals surface area contributed by atoms with Crippen molar-refractivity contribution in [2.24, 2.45) is 0 Å². The van der Waals surface area contributed by atoms with E-state index in [1.165, 1.54) is 114 Å². The van der Waals surface area contributed by atoms with Gasteiger partial charge in [0, 0.05) is 40.3 Å². The predicted octanol–water partition coefficient (Wildman–Crippen LogP) is 12.6. The highest BCUT2D eigenvalue weighted by molar-refractivity contribution is 7.35. The van der Waals surface area contributed by atoms with Crippen LogP contribution in [0.2, 0.25) is 0 Å². The summed E-state index contributed by atoms with van der Waals surface area (Å²) in [4.78, 5) is 0. The Morgan fingerprint density at radius 1 is 0.200 bits per heavy atom. The number of hydrogen-bond donors (Lipinski definition) is 0. The summed E-state index contributed by atoms with van der Waals surface area (Å²) in [6.45, 7) is 0. The molecule has 0 fully saturated rings. The zero-order chi connectivity index (χ0) is 46.2. The molecule has 0 bridgehead atoms. The Balaban J connectivity index is 1.13. The van der Waals surface area contributed by atoms with Crippen LogP contribution in [0.25, 0.3) is 72.7 Å². The Kier molecular flexibility index (Phi) is 9.72. The van der Waals surface area contributed by atoms with Gasteiger partial charge in [-0.2, -0.15) is 0 Å².